The van der Waals surface area contributed by atoms with Gasteiger partial charge in [0.2, 0.25) is 5.91 Å². The molecule has 1 saturated heterocycles. The van der Waals surface area contributed by atoms with Gasteiger partial charge in [0.15, 0.2) is 0 Å². The number of allylic oxidation sites excluding steroid dienone is 1. The quantitative estimate of drug-likeness (QED) is 0.762. The highest BCUT2D eigenvalue weighted by Crippen LogP contribution is 2.50. The van der Waals surface area contributed by atoms with Crippen molar-refractivity contribution in [3.05, 3.63) is 46.9 Å². The van der Waals surface area contributed by atoms with Gasteiger partial charge >= 0.3 is 0 Å². The molecule has 1 amide bonds. The minimum Gasteiger partial charge on any atom is -0.392 e. The molecule has 4 nitrogen and oxygen atoms in total. The number of benzene rings is 1. The molecule has 6 unspecified atom stereocenters. The highest BCUT2D eigenvalue weighted by atomic mass is 32.2. The number of carbonyl (C=O) groups excluding carboxylic acids is 1. The second-order valence-corrected chi connectivity index (χ2v) is 9.59. The maximum atomic E-state index is 12.4. The van der Waals surface area contributed by atoms with E-state index in [9.17, 15) is 9.90 Å². The summed E-state index contributed by atoms with van der Waals surface area (Å²) in [6, 6.07) is 8.76. The second kappa shape index (κ2) is 6.70. The van der Waals surface area contributed by atoms with Gasteiger partial charge in [-0.1, -0.05) is 44.2 Å². The molecule has 3 aliphatic rings. The average molecular weight is 373 g/mol. The molecule has 26 heavy (non-hydrogen) atoms. The van der Waals surface area contributed by atoms with E-state index in [4.69, 9.17) is 5.73 Å². The number of aliphatic hydroxyl groups is 1. The molecule has 0 spiro atoms. The Morgan fingerprint density at radius 1 is 1.27 bits per heavy atom. The number of amides is 1. The third-order valence-corrected chi connectivity index (χ3v) is 7.70. The lowest BCUT2D eigenvalue weighted by Gasteiger charge is -2.48. The summed E-state index contributed by atoms with van der Waals surface area (Å²) in [5.74, 6) is 0.668. The predicted molar refractivity (Wildman–Crippen MR) is 106 cm³/mol. The lowest BCUT2D eigenvalue weighted by atomic mass is 9.63. The number of hydrogen-bond acceptors (Lipinski definition) is 4. The standard InChI is InChI=1S/C21H28N2O2S/c1-21(2,11-22)13-5-3-12(4-6-13)17-16(24)8-7-15-18(17)14-9-10-26-19(14)20(25)23-15/h3-6,9-10,14-19,24H,7-8,11,22H2,1-2H3,(H,23,25). The number of piperidine rings is 1. The second-order valence-electron chi connectivity index (χ2n) is 8.54. The van der Waals surface area contributed by atoms with Crippen LogP contribution in [0.5, 0.6) is 0 Å². The van der Waals surface area contributed by atoms with Gasteiger partial charge in [0.05, 0.1) is 11.4 Å². The number of aliphatic hydroxyl groups excluding tert-OH is 1. The van der Waals surface area contributed by atoms with Crippen LogP contribution in [0.3, 0.4) is 0 Å². The normalized spacial score (nSPS) is 36.4. The molecule has 4 rings (SSSR count). The van der Waals surface area contributed by atoms with E-state index in [-0.39, 0.29) is 46.5 Å². The molecule has 1 aromatic rings. The van der Waals surface area contributed by atoms with Gasteiger partial charge in [0.1, 0.15) is 0 Å². The fourth-order valence-corrected chi connectivity index (χ4v) is 5.95. The van der Waals surface area contributed by atoms with Crippen LogP contribution in [0.1, 0.15) is 43.7 Å². The summed E-state index contributed by atoms with van der Waals surface area (Å²) in [6.45, 7) is 4.89. The monoisotopic (exact) mass is 372 g/mol. The van der Waals surface area contributed by atoms with Crippen molar-refractivity contribution in [1.29, 1.82) is 0 Å². The number of fused-ring (bicyclic) bond motifs is 3. The maximum absolute atomic E-state index is 12.4. The maximum Gasteiger partial charge on any atom is 0.234 e. The van der Waals surface area contributed by atoms with Gasteiger partial charge in [-0.3, -0.25) is 4.79 Å². The molecular formula is C21H28N2O2S. The highest BCUT2D eigenvalue weighted by molar-refractivity contribution is 8.03. The van der Waals surface area contributed by atoms with Gasteiger partial charge < -0.3 is 16.2 Å². The van der Waals surface area contributed by atoms with Crippen molar-refractivity contribution in [1.82, 2.24) is 5.32 Å². The van der Waals surface area contributed by atoms with E-state index < -0.39 is 0 Å². The molecule has 1 saturated carbocycles. The Morgan fingerprint density at radius 3 is 2.69 bits per heavy atom. The van der Waals surface area contributed by atoms with E-state index >= 15 is 0 Å². The third-order valence-electron chi connectivity index (χ3n) is 6.56. The summed E-state index contributed by atoms with van der Waals surface area (Å²) in [5, 5.41) is 16.1. The zero-order valence-corrected chi connectivity index (χ0v) is 16.2. The van der Waals surface area contributed by atoms with Crippen LogP contribution in [0.2, 0.25) is 0 Å². The first-order valence-electron chi connectivity index (χ1n) is 9.53. The summed E-state index contributed by atoms with van der Waals surface area (Å²) in [7, 11) is 0. The van der Waals surface area contributed by atoms with Crippen LogP contribution in [0.15, 0.2) is 35.7 Å². The summed E-state index contributed by atoms with van der Waals surface area (Å²) >= 11 is 1.61. The van der Waals surface area contributed by atoms with Crippen molar-refractivity contribution in [3.8, 4) is 0 Å². The molecule has 2 heterocycles. The number of carbonyl (C=O) groups is 1. The first-order valence-corrected chi connectivity index (χ1v) is 10.5. The van der Waals surface area contributed by atoms with Gasteiger partial charge in [-0.15, -0.1) is 11.8 Å². The van der Waals surface area contributed by atoms with Crippen molar-refractivity contribution in [3.63, 3.8) is 0 Å². The van der Waals surface area contributed by atoms with Crippen molar-refractivity contribution in [2.75, 3.05) is 6.54 Å². The van der Waals surface area contributed by atoms with Gasteiger partial charge in [0, 0.05) is 29.8 Å². The van der Waals surface area contributed by atoms with Crippen molar-refractivity contribution in [2.45, 2.75) is 55.4 Å². The number of hydrogen-bond donors (Lipinski definition) is 3. The molecule has 0 aromatic heterocycles. The summed E-state index contributed by atoms with van der Waals surface area (Å²) in [6.07, 6.45) is 3.41. The first-order chi connectivity index (χ1) is 12.4. The van der Waals surface area contributed by atoms with Gasteiger partial charge in [-0.25, -0.2) is 0 Å². The molecule has 0 radical (unpaired) electrons. The first kappa shape index (κ1) is 18.1. The zero-order valence-electron chi connectivity index (χ0n) is 15.4. The molecular weight excluding hydrogens is 344 g/mol. The average Bonchev–Trinajstić information content (AvgIpc) is 3.13. The molecule has 1 aliphatic carbocycles. The molecule has 1 aromatic carbocycles. The fraction of sp³-hybridized carbons (Fsp3) is 0.571. The molecule has 2 fully saturated rings. The number of nitrogens with two attached hydrogens (primary N) is 1. The van der Waals surface area contributed by atoms with Gasteiger partial charge in [-0.2, -0.15) is 0 Å². The van der Waals surface area contributed by atoms with Gasteiger partial charge in [0.25, 0.3) is 0 Å². The highest BCUT2D eigenvalue weighted by Gasteiger charge is 2.51. The largest absolute Gasteiger partial charge is 0.392 e. The van der Waals surface area contributed by atoms with E-state index in [2.05, 4.69) is 54.9 Å². The fourth-order valence-electron chi connectivity index (χ4n) is 4.87. The van der Waals surface area contributed by atoms with E-state index in [1.54, 1.807) is 11.8 Å². The Hall–Kier alpha value is -1.30. The van der Waals surface area contributed by atoms with Gasteiger partial charge in [-0.05, 0) is 35.3 Å². The molecule has 2 aliphatic heterocycles. The van der Waals surface area contributed by atoms with Crippen LogP contribution in [0.25, 0.3) is 0 Å². The topological polar surface area (TPSA) is 75.3 Å². The van der Waals surface area contributed by atoms with Crippen molar-refractivity contribution in [2.24, 2.45) is 17.6 Å². The lowest BCUT2D eigenvalue weighted by Crippen LogP contribution is -2.59. The van der Waals surface area contributed by atoms with Crippen LogP contribution in [-0.2, 0) is 10.2 Å². The molecule has 5 heteroatoms. The Labute approximate surface area is 159 Å². The Kier molecular flexibility index (Phi) is 4.66. The van der Waals surface area contributed by atoms with Crippen LogP contribution in [0, 0.1) is 11.8 Å². The Morgan fingerprint density at radius 2 is 2.00 bits per heavy atom. The van der Waals surface area contributed by atoms with Crippen LogP contribution >= 0.6 is 11.8 Å². The SMILES string of the molecule is CC(C)(CN)c1ccc(C2C(O)CCC3NC(=O)C4SC=CC4C32)cc1. The van der Waals surface area contributed by atoms with Crippen molar-refractivity contribution >= 4 is 17.7 Å². The number of thioether (sulfide) groups is 1. The van der Waals surface area contributed by atoms with E-state index in [1.807, 2.05) is 0 Å². The van der Waals surface area contributed by atoms with Crippen LogP contribution < -0.4 is 11.1 Å². The Balaban J connectivity index is 1.67. The van der Waals surface area contributed by atoms with E-state index in [0.717, 1.165) is 12.8 Å². The van der Waals surface area contributed by atoms with Crippen LogP contribution in [0.4, 0.5) is 0 Å². The minimum atomic E-state index is -0.362. The Bertz CT molecular complexity index is 715. The molecule has 0 bridgehead atoms. The summed E-state index contributed by atoms with van der Waals surface area (Å²) in [4.78, 5) is 12.4. The molecule has 4 N–H and O–H groups in total. The smallest absolute Gasteiger partial charge is 0.234 e. The summed E-state index contributed by atoms with van der Waals surface area (Å²) in [5.41, 5.74) is 8.24. The number of rotatable bonds is 3. The van der Waals surface area contributed by atoms with E-state index in [1.165, 1.54) is 11.1 Å². The minimum absolute atomic E-state index is 0.0421. The molecule has 140 valence electrons. The lowest BCUT2D eigenvalue weighted by molar-refractivity contribution is -0.126. The number of nitrogens with one attached hydrogen (secondary N) is 1. The van der Waals surface area contributed by atoms with Crippen LogP contribution in [-0.4, -0.2) is 35.0 Å². The third kappa shape index (κ3) is 2.90. The summed E-state index contributed by atoms with van der Waals surface area (Å²) < 4.78 is 0. The zero-order chi connectivity index (χ0) is 18.5. The van der Waals surface area contributed by atoms with E-state index in [0.29, 0.717) is 6.54 Å². The predicted octanol–water partition coefficient (Wildman–Crippen LogP) is 2.52. The molecule has 6 atom stereocenters. The van der Waals surface area contributed by atoms with Crippen molar-refractivity contribution < 1.29 is 9.90 Å².